The molecule has 18 heavy (non-hydrogen) atoms. The summed E-state index contributed by atoms with van der Waals surface area (Å²) in [7, 11) is 0. The monoisotopic (exact) mass is 243 g/mol. The van der Waals surface area contributed by atoms with Crippen molar-refractivity contribution in [2.45, 2.75) is 20.3 Å². The predicted octanol–water partition coefficient (Wildman–Crippen LogP) is 2.89. The molecule has 0 saturated heterocycles. The minimum atomic E-state index is -0.0941. The number of hydrogen-bond donors (Lipinski definition) is 3. The molecule has 0 unspecified atom stereocenters. The van der Waals surface area contributed by atoms with E-state index in [1.165, 1.54) is 6.07 Å². The molecular weight excluding hydrogens is 226 g/mol. The van der Waals surface area contributed by atoms with Crippen LogP contribution in [0.1, 0.15) is 22.3 Å². The van der Waals surface area contributed by atoms with Crippen LogP contribution in [0.5, 0.6) is 11.5 Å². The van der Waals surface area contributed by atoms with Gasteiger partial charge < -0.3 is 15.9 Å². The molecule has 0 heterocycles. The van der Waals surface area contributed by atoms with Gasteiger partial charge in [-0.15, -0.1) is 0 Å². The molecule has 0 saturated carbocycles. The molecule has 0 aromatic heterocycles. The lowest BCUT2D eigenvalue weighted by atomic mass is 9.99. The first kappa shape index (κ1) is 12.3. The lowest BCUT2D eigenvalue weighted by Crippen LogP contribution is -1.97. The van der Waals surface area contributed by atoms with E-state index in [4.69, 9.17) is 5.73 Å². The third kappa shape index (κ3) is 2.40. The molecule has 0 atom stereocenters. The van der Waals surface area contributed by atoms with Crippen LogP contribution in [0.25, 0.3) is 0 Å². The van der Waals surface area contributed by atoms with E-state index in [9.17, 15) is 10.2 Å². The lowest BCUT2D eigenvalue weighted by molar-refractivity contribution is 0.403. The molecule has 0 fully saturated rings. The van der Waals surface area contributed by atoms with Crippen molar-refractivity contribution >= 4 is 5.69 Å². The number of nitrogen functional groups attached to an aromatic ring is 1. The number of benzene rings is 2. The van der Waals surface area contributed by atoms with Crippen LogP contribution >= 0.6 is 0 Å². The fourth-order valence-corrected chi connectivity index (χ4v) is 2.08. The third-order valence-corrected chi connectivity index (χ3v) is 3.10. The Kier molecular flexibility index (Phi) is 3.15. The standard InChI is InChI=1S/C15H17NO2/c1-9-5-12(6-10(2)15(9)16)7-11-3-4-13(17)14(18)8-11/h3-6,8,17-18H,7,16H2,1-2H3. The molecule has 0 bridgehead atoms. The highest BCUT2D eigenvalue weighted by molar-refractivity contribution is 5.55. The molecule has 2 aromatic carbocycles. The Morgan fingerprint density at radius 1 is 0.889 bits per heavy atom. The highest BCUT2D eigenvalue weighted by atomic mass is 16.3. The topological polar surface area (TPSA) is 66.5 Å². The van der Waals surface area contributed by atoms with E-state index >= 15 is 0 Å². The van der Waals surface area contributed by atoms with Crippen LogP contribution in [-0.2, 0) is 6.42 Å². The molecule has 0 aliphatic heterocycles. The van der Waals surface area contributed by atoms with Crippen molar-refractivity contribution in [3.05, 3.63) is 52.6 Å². The molecule has 0 amide bonds. The fraction of sp³-hybridized carbons (Fsp3) is 0.200. The normalized spacial score (nSPS) is 10.6. The predicted molar refractivity (Wildman–Crippen MR) is 72.9 cm³/mol. The molecule has 0 radical (unpaired) electrons. The SMILES string of the molecule is Cc1cc(Cc2ccc(O)c(O)c2)cc(C)c1N. The highest BCUT2D eigenvalue weighted by Crippen LogP contribution is 2.27. The number of phenolic OH excluding ortho intramolecular Hbond substituents is 2. The molecule has 2 rings (SSSR count). The maximum Gasteiger partial charge on any atom is 0.157 e. The summed E-state index contributed by atoms with van der Waals surface area (Å²) in [6, 6.07) is 8.98. The van der Waals surface area contributed by atoms with Crippen LogP contribution in [0.3, 0.4) is 0 Å². The lowest BCUT2D eigenvalue weighted by Gasteiger charge is -2.09. The molecule has 3 nitrogen and oxygen atoms in total. The zero-order valence-electron chi connectivity index (χ0n) is 10.6. The number of hydrogen-bond acceptors (Lipinski definition) is 3. The number of aryl methyl sites for hydroxylation is 2. The van der Waals surface area contributed by atoms with Crippen molar-refractivity contribution in [2.75, 3.05) is 5.73 Å². The van der Waals surface area contributed by atoms with E-state index in [0.717, 1.165) is 27.9 Å². The third-order valence-electron chi connectivity index (χ3n) is 3.10. The first-order valence-electron chi connectivity index (χ1n) is 5.84. The molecule has 2 aromatic rings. The number of nitrogens with two attached hydrogens (primary N) is 1. The van der Waals surface area contributed by atoms with Crippen molar-refractivity contribution in [1.82, 2.24) is 0 Å². The number of phenols is 2. The van der Waals surface area contributed by atoms with Crippen molar-refractivity contribution in [3.8, 4) is 11.5 Å². The van der Waals surface area contributed by atoms with Gasteiger partial charge in [0.05, 0.1) is 0 Å². The van der Waals surface area contributed by atoms with Gasteiger partial charge in [-0.3, -0.25) is 0 Å². The molecular formula is C15H17NO2. The summed E-state index contributed by atoms with van der Waals surface area (Å²) >= 11 is 0. The van der Waals surface area contributed by atoms with Crippen LogP contribution in [0.2, 0.25) is 0 Å². The smallest absolute Gasteiger partial charge is 0.157 e. The Balaban J connectivity index is 2.31. The summed E-state index contributed by atoms with van der Waals surface area (Å²) in [5.74, 6) is -0.181. The fourth-order valence-electron chi connectivity index (χ4n) is 2.08. The quantitative estimate of drug-likeness (QED) is 0.561. The Labute approximate surface area is 107 Å². The second-order valence-electron chi connectivity index (χ2n) is 4.64. The zero-order valence-corrected chi connectivity index (χ0v) is 10.6. The minimum Gasteiger partial charge on any atom is -0.504 e. The van der Waals surface area contributed by atoms with E-state index in [-0.39, 0.29) is 11.5 Å². The molecule has 94 valence electrons. The van der Waals surface area contributed by atoms with Crippen LogP contribution in [-0.4, -0.2) is 10.2 Å². The maximum atomic E-state index is 9.46. The first-order chi connectivity index (χ1) is 8.47. The Bertz CT molecular complexity index is 568. The number of aromatic hydroxyl groups is 2. The highest BCUT2D eigenvalue weighted by Gasteiger charge is 2.05. The Morgan fingerprint density at radius 3 is 2.06 bits per heavy atom. The largest absolute Gasteiger partial charge is 0.504 e. The average Bonchev–Trinajstić information content (AvgIpc) is 2.31. The van der Waals surface area contributed by atoms with Gasteiger partial charge in [-0.2, -0.15) is 0 Å². The second kappa shape index (κ2) is 4.61. The Hall–Kier alpha value is -2.16. The summed E-state index contributed by atoms with van der Waals surface area (Å²) in [4.78, 5) is 0. The van der Waals surface area contributed by atoms with Crippen LogP contribution in [0.15, 0.2) is 30.3 Å². The summed E-state index contributed by atoms with van der Waals surface area (Å²) in [5.41, 5.74) is 11.0. The van der Waals surface area contributed by atoms with E-state index in [2.05, 4.69) is 0 Å². The van der Waals surface area contributed by atoms with E-state index in [0.29, 0.717) is 6.42 Å². The molecule has 4 N–H and O–H groups in total. The van der Waals surface area contributed by atoms with Gasteiger partial charge in [0.15, 0.2) is 11.5 Å². The van der Waals surface area contributed by atoms with Gasteiger partial charge in [-0.05, 0) is 54.7 Å². The maximum absolute atomic E-state index is 9.46. The van der Waals surface area contributed by atoms with Gasteiger partial charge in [0.1, 0.15) is 0 Å². The molecule has 0 aliphatic carbocycles. The van der Waals surface area contributed by atoms with Gasteiger partial charge in [-0.25, -0.2) is 0 Å². The van der Waals surface area contributed by atoms with E-state index < -0.39 is 0 Å². The summed E-state index contributed by atoms with van der Waals surface area (Å²) < 4.78 is 0. The van der Waals surface area contributed by atoms with Crippen LogP contribution in [0, 0.1) is 13.8 Å². The van der Waals surface area contributed by atoms with Crippen molar-refractivity contribution in [2.24, 2.45) is 0 Å². The van der Waals surface area contributed by atoms with Crippen LogP contribution < -0.4 is 5.73 Å². The Morgan fingerprint density at radius 2 is 1.50 bits per heavy atom. The average molecular weight is 243 g/mol. The van der Waals surface area contributed by atoms with Gasteiger partial charge in [0.2, 0.25) is 0 Å². The minimum absolute atomic E-state index is 0.0867. The van der Waals surface area contributed by atoms with Crippen molar-refractivity contribution in [1.29, 1.82) is 0 Å². The summed E-state index contributed by atoms with van der Waals surface area (Å²) in [6.07, 6.45) is 0.704. The molecule has 3 heteroatoms. The number of anilines is 1. The summed E-state index contributed by atoms with van der Waals surface area (Å²) in [6.45, 7) is 3.97. The van der Waals surface area contributed by atoms with E-state index in [1.807, 2.05) is 26.0 Å². The van der Waals surface area contributed by atoms with E-state index in [1.54, 1.807) is 12.1 Å². The molecule has 0 spiro atoms. The number of rotatable bonds is 2. The van der Waals surface area contributed by atoms with Crippen molar-refractivity contribution < 1.29 is 10.2 Å². The van der Waals surface area contributed by atoms with Crippen molar-refractivity contribution in [3.63, 3.8) is 0 Å². The van der Waals surface area contributed by atoms with Gasteiger partial charge in [0, 0.05) is 5.69 Å². The van der Waals surface area contributed by atoms with Gasteiger partial charge >= 0.3 is 0 Å². The first-order valence-corrected chi connectivity index (χ1v) is 5.84. The zero-order chi connectivity index (χ0) is 13.3. The van der Waals surface area contributed by atoms with Crippen LogP contribution in [0.4, 0.5) is 5.69 Å². The van der Waals surface area contributed by atoms with Gasteiger partial charge in [-0.1, -0.05) is 18.2 Å². The second-order valence-corrected chi connectivity index (χ2v) is 4.64. The summed E-state index contributed by atoms with van der Waals surface area (Å²) in [5, 5.41) is 18.7. The van der Waals surface area contributed by atoms with Gasteiger partial charge in [0.25, 0.3) is 0 Å². The molecule has 0 aliphatic rings.